The number of H-pyrrole nitrogens is 1. The molecule has 1 aromatic heterocycles. The predicted molar refractivity (Wildman–Crippen MR) is 41.0 cm³/mol. The molecule has 0 radical (unpaired) electrons. The van der Waals surface area contributed by atoms with Crippen molar-refractivity contribution in [1.29, 1.82) is 0 Å². The summed E-state index contributed by atoms with van der Waals surface area (Å²) in [6.07, 6.45) is 5.08. The molecule has 5 heteroatoms. The third-order valence-corrected chi connectivity index (χ3v) is 0.693. The van der Waals surface area contributed by atoms with Gasteiger partial charge in [-0.3, -0.25) is 9.59 Å². The SMILES string of the molecule is CC(=O)OC(C)=O.c1c[nH]cn1. The van der Waals surface area contributed by atoms with Crippen LogP contribution >= 0.6 is 0 Å². The summed E-state index contributed by atoms with van der Waals surface area (Å²) in [6.45, 7) is 2.36. The van der Waals surface area contributed by atoms with Gasteiger partial charge in [-0.2, -0.15) is 0 Å². The highest BCUT2D eigenvalue weighted by Crippen LogP contribution is 1.73. The van der Waals surface area contributed by atoms with Crippen LogP contribution in [-0.2, 0) is 14.3 Å². The Labute approximate surface area is 69.8 Å². The first-order valence-corrected chi connectivity index (χ1v) is 3.24. The van der Waals surface area contributed by atoms with Crippen molar-refractivity contribution in [3.05, 3.63) is 18.7 Å². The standard InChI is InChI=1S/C4H6O3.C3H4N2/c1-3(5)7-4(2)6;1-2-5-3-4-1/h1-2H3;1-3H,(H,4,5). The highest BCUT2D eigenvalue weighted by atomic mass is 16.6. The summed E-state index contributed by atoms with van der Waals surface area (Å²) in [6, 6.07) is 0. The average molecular weight is 170 g/mol. The maximum atomic E-state index is 9.81. The first kappa shape index (κ1) is 10.3. The van der Waals surface area contributed by atoms with E-state index in [-0.39, 0.29) is 0 Å². The van der Waals surface area contributed by atoms with Crippen LogP contribution < -0.4 is 0 Å². The number of hydrogen-bond donors (Lipinski definition) is 1. The van der Waals surface area contributed by atoms with Crippen LogP contribution in [0.4, 0.5) is 0 Å². The van der Waals surface area contributed by atoms with Crippen LogP contribution in [0.3, 0.4) is 0 Å². The monoisotopic (exact) mass is 170 g/mol. The number of aromatic amines is 1. The lowest BCUT2D eigenvalue weighted by Crippen LogP contribution is -2.03. The van der Waals surface area contributed by atoms with Gasteiger partial charge < -0.3 is 9.72 Å². The molecule has 5 nitrogen and oxygen atoms in total. The number of ether oxygens (including phenoxy) is 1. The number of rotatable bonds is 0. The van der Waals surface area contributed by atoms with Crippen molar-refractivity contribution in [2.45, 2.75) is 13.8 Å². The molecular weight excluding hydrogens is 160 g/mol. The highest BCUT2D eigenvalue weighted by Gasteiger charge is 1.93. The Kier molecular flexibility index (Phi) is 5.25. The fourth-order valence-corrected chi connectivity index (χ4v) is 0.418. The summed E-state index contributed by atoms with van der Waals surface area (Å²) >= 11 is 0. The van der Waals surface area contributed by atoms with Gasteiger partial charge in [0.2, 0.25) is 0 Å². The van der Waals surface area contributed by atoms with Crippen LogP contribution in [0.15, 0.2) is 18.7 Å². The van der Waals surface area contributed by atoms with Crippen molar-refractivity contribution in [3.63, 3.8) is 0 Å². The van der Waals surface area contributed by atoms with Crippen LogP contribution in [0.2, 0.25) is 0 Å². The van der Waals surface area contributed by atoms with Gasteiger partial charge in [-0.25, -0.2) is 4.98 Å². The van der Waals surface area contributed by atoms with Crippen molar-refractivity contribution in [2.75, 3.05) is 0 Å². The number of carbonyl (C=O) groups excluding carboxylic acids is 2. The first-order valence-electron chi connectivity index (χ1n) is 3.24. The highest BCUT2D eigenvalue weighted by molar-refractivity contribution is 5.82. The molecule has 1 aromatic rings. The van der Waals surface area contributed by atoms with Gasteiger partial charge in [0, 0.05) is 26.2 Å². The van der Waals surface area contributed by atoms with E-state index in [9.17, 15) is 9.59 Å². The van der Waals surface area contributed by atoms with E-state index in [1.807, 2.05) is 0 Å². The number of carbonyl (C=O) groups is 2. The zero-order valence-electron chi connectivity index (χ0n) is 6.90. The molecule has 1 heterocycles. The molecule has 0 saturated carbocycles. The number of aromatic nitrogens is 2. The van der Waals surface area contributed by atoms with Crippen LogP contribution in [-0.4, -0.2) is 21.9 Å². The largest absolute Gasteiger partial charge is 0.394 e. The molecule has 66 valence electrons. The fraction of sp³-hybridized carbons (Fsp3) is 0.286. The van der Waals surface area contributed by atoms with Crippen molar-refractivity contribution >= 4 is 11.9 Å². The summed E-state index contributed by atoms with van der Waals surface area (Å²) in [5, 5.41) is 0. The van der Waals surface area contributed by atoms with E-state index in [4.69, 9.17) is 0 Å². The van der Waals surface area contributed by atoms with Gasteiger partial charge in [-0.1, -0.05) is 0 Å². The quantitative estimate of drug-likeness (QED) is 0.454. The second-order valence-electron chi connectivity index (χ2n) is 1.85. The lowest BCUT2D eigenvalue weighted by molar-refractivity contribution is -0.156. The molecule has 1 N–H and O–H groups in total. The molecule has 0 aliphatic carbocycles. The lowest BCUT2D eigenvalue weighted by atomic mass is 10.7. The minimum atomic E-state index is -0.562. The molecule has 0 spiro atoms. The molecule has 0 aliphatic rings. The van der Waals surface area contributed by atoms with Crippen molar-refractivity contribution in [1.82, 2.24) is 9.97 Å². The van der Waals surface area contributed by atoms with Crippen molar-refractivity contribution < 1.29 is 14.3 Å². The molecule has 0 saturated heterocycles. The van der Waals surface area contributed by atoms with Gasteiger partial charge in [0.15, 0.2) is 0 Å². The summed E-state index contributed by atoms with van der Waals surface area (Å²) in [5.41, 5.74) is 0. The maximum absolute atomic E-state index is 9.81. The van der Waals surface area contributed by atoms with Gasteiger partial charge in [0.1, 0.15) is 0 Å². The molecule has 0 fully saturated rings. The van der Waals surface area contributed by atoms with Gasteiger partial charge >= 0.3 is 11.9 Å². The molecule has 0 amide bonds. The van der Waals surface area contributed by atoms with Crippen LogP contribution in [0.1, 0.15) is 13.8 Å². The van der Waals surface area contributed by atoms with E-state index in [1.165, 1.54) is 13.8 Å². The summed E-state index contributed by atoms with van der Waals surface area (Å²) in [7, 11) is 0. The Morgan fingerprint density at radius 2 is 1.92 bits per heavy atom. The Balaban J connectivity index is 0.000000211. The molecule has 0 aliphatic heterocycles. The van der Waals surface area contributed by atoms with Gasteiger partial charge in [0.05, 0.1) is 6.33 Å². The molecule has 12 heavy (non-hydrogen) atoms. The number of esters is 2. The molecule has 0 unspecified atom stereocenters. The van der Waals surface area contributed by atoms with E-state index in [0.717, 1.165) is 0 Å². The minimum absolute atomic E-state index is 0.562. The first-order chi connectivity index (χ1) is 5.63. The van der Waals surface area contributed by atoms with E-state index < -0.39 is 11.9 Å². The van der Waals surface area contributed by atoms with E-state index in [2.05, 4.69) is 14.7 Å². The molecule has 0 bridgehead atoms. The zero-order valence-corrected chi connectivity index (χ0v) is 6.90. The van der Waals surface area contributed by atoms with E-state index in [1.54, 1.807) is 18.7 Å². The second-order valence-corrected chi connectivity index (χ2v) is 1.85. The molecule has 0 atom stereocenters. The van der Waals surface area contributed by atoms with Gasteiger partial charge in [-0.05, 0) is 0 Å². The predicted octanol–water partition coefficient (Wildman–Crippen LogP) is 0.506. The number of imidazole rings is 1. The third kappa shape index (κ3) is 8.35. The Hall–Kier alpha value is -1.65. The fourth-order valence-electron chi connectivity index (χ4n) is 0.418. The van der Waals surface area contributed by atoms with Gasteiger partial charge in [-0.15, -0.1) is 0 Å². The van der Waals surface area contributed by atoms with Gasteiger partial charge in [0.25, 0.3) is 0 Å². The van der Waals surface area contributed by atoms with Crippen molar-refractivity contribution in [3.8, 4) is 0 Å². The topological polar surface area (TPSA) is 72.1 Å². The molecule has 0 aromatic carbocycles. The lowest BCUT2D eigenvalue weighted by Gasteiger charge is -1.87. The normalized spacial score (nSPS) is 7.83. The van der Waals surface area contributed by atoms with E-state index in [0.29, 0.717) is 0 Å². The number of nitrogens with zero attached hydrogens (tertiary/aromatic N) is 1. The molecule has 1 rings (SSSR count). The Morgan fingerprint density at radius 1 is 1.33 bits per heavy atom. The minimum Gasteiger partial charge on any atom is -0.394 e. The third-order valence-electron chi connectivity index (χ3n) is 0.693. The zero-order chi connectivity index (χ0) is 9.40. The maximum Gasteiger partial charge on any atom is 0.310 e. The molecular formula is C7H10N2O3. The van der Waals surface area contributed by atoms with Crippen molar-refractivity contribution in [2.24, 2.45) is 0 Å². The number of hydrogen-bond acceptors (Lipinski definition) is 4. The van der Waals surface area contributed by atoms with Crippen LogP contribution in [0.25, 0.3) is 0 Å². The van der Waals surface area contributed by atoms with Crippen LogP contribution in [0.5, 0.6) is 0 Å². The summed E-state index contributed by atoms with van der Waals surface area (Å²) in [4.78, 5) is 26.0. The Bertz CT molecular complexity index is 202. The number of nitrogens with one attached hydrogen (secondary N) is 1. The smallest absolute Gasteiger partial charge is 0.310 e. The Morgan fingerprint density at radius 3 is 2.00 bits per heavy atom. The summed E-state index contributed by atoms with van der Waals surface area (Å²) in [5.74, 6) is -1.12. The second kappa shape index (κ2) is 6.09. The average Bonchev–Trinajstić information content (AvgIpc) is 2.36. The van der Waals surface area contributed by atoms with E-state index >= 15 is 0 Å². The van der Waals surface area contributed by atoms with Crippen LogP contribution in [0, 0.1) is 0 Å². The summed E-state index contributed by atoms with van der Waals surface area (Å²) < 4.78 is 3.97.